The largest absolute Gasteiger partial charge is 0.371 e. The highest BCUT2D eigenvalue weighted by Gasteiger charge is 2.51. The van der Waals surface area contributed by atoms with E-state index in [4.69, 9.17) is 9.26 Å². The highest BCUT2D eigenvalue weighted by Crippen LogP contribution is 2.44. The number of thiazole rings is 1. The molecular weight excluding hydrogens is 364 g/mol. The molecule has 3 atom stereocenters. The van der Waals surface area contributed by atoms with Gasteiger partial charge in [0, 0.05) is 42.3 Å². The van der Waals surface area contributed by atoms with E-state index in [-0.39, 0.29) is 11.5 Å². The molecule has 1 amide bonds. The smallest absolute Gasteiger partial charge is 0.276 e. The lowest BCUT2D eigenvalue weighted by molar-refractivity contribution is -0.143. The van der Waals surface area contributed by atoms with Crippen molar-refractivity contribution in [1.29, 1.82) is 0 Å². The van der Waals surface area contributed by atoms with Gasteiger partial charge >= 0.3 is 0 Å². The minimum atomic E-state index is -0.220. The van der Waals surface area contributed by atoms with Gasteiger partial charge in [-0.2, -0.15) is 0 Å². The third kappa shape index (κ3) is 3.19. The van der Waals surface area contributed by atoms with Crippen LogP contribution in [-0.2, 0) is 11.3 Å². The van der Waals surface area contributed by atoms with Crippen LogP contribution >= 0.6 is 11.3 Å². The number of hydrogen-bond donors (Lipinski definition) is 0. The number of piperidine rings is 1. The molecule has 3 saturated heterocycles. The SMILES string of the molecule is Cc1cc(C(=O)N2CCOC3(C[C@H]4CC[C@@H](C3)N4Cc3cncs3)C2)no1. The third-order valence-corrected chi connectivity index (χ3v) is 6.96. The van der Waals surface area contributed by atoms with Gasteiger partial charge in [-0.25, -0.2) is 0 Å². The van der Waals surface area contributed by atoms with Crippen LogP contribution in [0.15, 0.2) is 22.3 Å². The predicted molar refractivity (Wildman–Crippen MR) is 99.5 cm³/mol. The van der Waals surface area contributed by atoms with E-state index in [1.807, 2.05) is 16.6 Å². The Balaban J connectivity index is 1.30. The number of morpholine rings is 1. The molecule has 2 bridgehead atoms. The molecule has 2 aromatic rings. The fourth-order valence-corrected chi connectivity index (χ4v) is 5.65. The van der Waals surface area contributed by atoms with Crippen LogP contribution in [0.1, 0.15) is 46.8 Å². The van der Waals surface area contributed by atoms with Crippen molar-refractivity contribution >= 4 is 17.2 Å². The van der Waals surface area contributed by atoms with Gasteiger partial charge in [0.15, 0.2) is 5.69 Å². The zero-order valence-corrected chi connectivity index (χ0v) is 16.3. The number of fused-ring (bicyclic) bond motifs is 2. The molecule has 0 aliphatic carbocycles. The number of ether oxygens (including phenoxy) is 1. The van der Waals surface area contributed by atoms with Crippen molar-refractivity contribution in [3.8, 4) is 0 Å². The van der Waals surface area contributed by atoms with Crippen LogP contribution in [0.2, 0.25) is 0 Å². The Hall–Kier alpha value is -1.77. The number of nitrogens with zero attached hydrogens (tertiary/aromatic N) is 4. The standard InChI is InChI=1S/C19H24N4O3S/c1-13-6-17(21-26-13)18(24)22-4-5-25-19(11-22)7-14-2-3-15(8-19)23(14)10-16-9-20-12-27-16/h6,9,12,14-15H,2-5,7-8,10-11H2,1H3/t14-,15+,19?. The lowest BCUT2D eigenvalue weighted by atomic mass is 9.84. The van der Waals surface area contributed by atoms with Crippen molar-refractivity contribution in [2.75, 3.05) is 19.7 Å². The summed E-state index contributed by atoms with van der Waals surface area (Å²) in [6, 6.07) is 2.76. The number of aryl methyl sites for hydroxylation is 1. The highest BCUT2D eigenvalue weighted by molar-refractivity contribution is 7.09. The molecule has 7 nitrogen and oxygen atoms in total. The van der Waals surface area contributed by atoms with Gasteiger partial charge in [-0.15, -0.1) is 11.3 Å². The molecule has 5 rings (SSSR count). The van der Waals surface area contributed by atoms with Crippen LogP contribution in [0, 0.1) is 6.92 Å². The lowest BCUT2D eigenvalue weighted by Crippen LogP contribution is -2.60. The second kappa shape index (κ2) is 6.68. The monoisotopic (exact) mass is 388 g/mol. The molecule has 3 aliphatic heterocycles. The Morgan fingerprint density at radius 3 is 2.85 bits per heavy atom. The predicted octanol–water partition coefficient (Wildman–Crippen LogP) is 2.48. The molecule has 0 radical (unpaired) electrons. The van der Waals surface area contributed by atoms with Crippen molar-refractivity contribution in [2.45, 2.75) is 56.8 Å². The fourth-order valence-electron chi connectivity index (χ4n) is 5.05. The zero-order chi connectivity index (χ0) is 18.4. The maximum atomic E-state index is 12.8. The first-order chi connectivity index (χ1) is 13.1. The first kappa shape index (κ1) is 17.3. The fraction of sp³-hybridized carbons (Fsp3) is 0.632. The van der Waals surface area contributed by atoms with Gasteiger partial charge in [-0.3, -0.25) is 14.7 Å². The van der Waals surface area contributed by atoms with Crippen molar-refractivity contribution in [3.63, 3.8) is 0 Å². The van der Waals surface area contributed by atoms with E-state index >= 15 is 0 Å². The second-order valence-corrected chi connectivity index (χ2v) is 8.99. The van der Waals surface area contributed by atoms with Gasteiger partial charge in [0.25, 0.3) is 5.91 Å². The molecule has 3 fully saturated rings. The van der Waals surface area contributed by atoms with Gasteiger partial charge in [0.05, 0.1) is 24.3 Å². The third-order valence-electron chi connectivity index (χ3n) is 6.19. The first-order valence-electron chi connectivity index (χ1n) is 9.62. The summed E-state index contributed by atoms with van der Waals surface area (Å²) >= 11 is 1.73. The molecule has 1 unspecified atom stereocenters. The van der Waals surface area contributed by atoms with Crippen molar-refractivity contribution in [3.05, 3.63) is 34.1 Å². The minimum Gasteiger partial charge on any atom is -0.371 e. The Morgan fingerprint density at radius 2 is 2.19 bits per heavy atom. The number of rotatable bonds is 3. The highest BCUT2D eigenvalue weighted by atomic mass is 32.1. The van der Waals surface area contributed by atoms with E-state index in [0.717, 1.165) is 19.4 Å². The molecule has 5 heterocycles. The molecule has 8 heteroatoms. The lowest BCUT2D eigenvalue weighted by Gasteiger charge is -2.50. The van der Waals surface area contributed by atoms with E-state index in [1.165, 1.54) is 17.7 Å². The molecule has 27 heavy (non-hydrogen) atoms. The number of carbonyl (C=O) groups is 1. The molecule has 144 valence electrons. The summed E-state index contributed by atoms with van der Waals surface area (Å²) in [6.45, 7) is 4.65. The summed E-state index contributed by atoms with van der Waals surface area (Å²) in [5.74, 6) is 0.615. The number of carbonyl (C=O) groups excluding carboxylic acids is 1. The Labute approximate surface area is 162 Å². The summed E-state index contributed by atoms with van der Waals surface area (Å²) in [7, 11) is 0. The van der Waals surface area contributed by atoms with E-state index in [2.05, 4.69) is 15.0 Å². The van der Waals surface area contributed by atoms with Gasteiger partial charge in [-0.05, 0) is 32.6 Å². The summed E-state index contributed by atoms with van der Waals surface area (Å²) in [6.07, 6.45) is 6.38. The minimum absolute atomic E-state index is 0.0473. The average molecular weight is 388 g/mol. The second-order valence-electron chi connectivity index (χ2n) is 8.01. The number of amides is 1. The molecule has 0 N–H and O–H groups in total. The summed E-state index contributed by atoms with van der Waals surface area (Å²) in [4.78, 5) is 22.9. The Morgan fingerprint density at radius 1 is 1.37 bits per heavy atom. The molecule has 0 aromatic carbocycles. The van der Waals surface area contributed by atoms with Crippen LogP contribution in [0.5, 0.6) is 0 Å². The maximum absolute atomic E-state index is 12.8. The van der Waals surface area contributed by atoms with E-state index in [9.17, 15) is 4.79 Å². The van der Waals surface area contributed by atoms with Crippen LogP contribution in [-0.4, -0.2) is 63.2 Å². The average Bonchev–Trinajstić information content (AvgIpc) is 3.38. The van der Waals surface area contributed by atoms with Crippen molar-refractivity contribution in [2.24, 2.45) is 0 Å². The van der Waals surface area contributed by atoms with Gasteiger partial charge < -0.3 is 14.2 Å². The van der Waals surface area contributed by atoms with Crippen LogP contribution < -0.4 is 0 Å². The van der Waals surface area contributed by atoms with E-state index < -0.39 is 0 Å². The van der Waals surface area contributed by atoms with Gasteiger partial charge in [0.2, 0.25) is 0 Å². The number of aromatic nitrogens is 2. The van der Waals surface area contributed by atoms with E-state index in [1.54, 1.807) is 24.3 Å². The topological polar surface area (TPSA) is 71.7 Å². The maximum Gasteiger partial charge on any atom is 0.276 e. The van der Waals surface area contributed by atoms with Crippen LogP contribution in [0.3, 0.4) is 0 Å². The Kier molecular flexibility index (Phi) is 4.29. The van der Waals surface area contributed by atoms with E-state index in [0.29, 0.717) is 43.2 Å². The normalized spacial score (nSPS) is 30.9. The molecule has 0 saturated carbocycles. The molecule has 2 aromatic heterocycles. The molecule has 1 spiro atoms. The molecule has 3 aliphatic rings. The Bertz CT molecular complexity index is 807. The number of hydrogen-bond acceptors (Lipinski definition) is 7. The molecular formula is C19H24N4O3S. The first-order valence-corrected chi connectivity index (χ1v) is 10.5. The van der Waals surface area contributed by atoms with Crippen LogP contribution in [0.4, 0.5) is 0 Å². The van der Waals surface area contributed by atoms with Gasteiger partial charge in [0.1, 0.15) is 5.76 Å². The summed E-state index contributed by atoms with van der Waals surface area (Å²) < 4.78 is 11.4. The summed E-state index contributed by atoms with van der Waals surface area (Å²) in [5.41, 5.74) is 2.08. The van der Waals surface area contributed by atoms with Crippen LogP contribution in [0.25, 0.3) is 0 Å². The van der Waals surface area contributed by atoms with Crippen molar-refractivity contribution in [1.82, 2.24) is 19.9 Å². The van der Waals surface area contributed by atoms with Crippen molar-refractivity contribution < 1.29 is 14.1 Å². The quantitative estimate of drug-likeness (QED) is 0.804. The zero-order valence-electron chi connectivity index (χ0n) is 15.5. The van der Waals surface area contributed by atoms with Gasteiger partial charge in [-0.1, -0.05) is 5.16 Å². The summed E-state index contributed by atoms with van der Waals surface area (Å²) in [5, 5.41) is 3.90.